The highest BCUT2D eigenvalue weighted by atomic mass is 79.9. The van der Waals surface area contributed by atoms with Gasteiger partial charge < -0.3 is 10.1 Å². The molecular weight excluding hydrogens is 418 g/mol. The van der Waals surface area contributed by atoms with Crippen LogP contribution in [-0.2, 0) is 9.53 Å². The number of ether oxygens (including phenoxy) is 1. The Morgan fingerprint density at radius 2 is 1.88 bits per heavy atom. The van der Waals surface area contributed by atoms with E-state index in [1.165, 1.54) is 6.92 Å². The highest BCUT2D eigenvalue weighted by Crippen LogP contribution is 2.34. The van der Waals surface area contributed by atoms with Crippen LogP contribution < -0.4 is 5.32 Å². The molecule has 1 N–H and O–H groups in total. The van der Waals surface area contributed by atoms with Crippen LogP contribution in [-0.4, -0.2) is 24.3 Å². The number of carbonyl (C=O) groups is 3. The molecule has 136 valence electrons. The number of hydrogen-bond acceptors (Lipinski definition) is 5. The van der Waals surface area contributed by atoms with E-state index >= 15 is 0 Å². The van der Waals surface area contributed by atoms with Gasteiger partial charge in [0.2, 0.25) is 0 Å². The molecule has 1 heterocycles. The molecule has 0 bridgehead atoms. The molecule has 26 heavy (non-hydrogen) atoms. The van der Waals surface area contributed by atoms with E-state index in [1.807, 2.05) is 30.3 Å². The molecule has 0 saturated carbocycles. The van der Waals surface area contributed by atoms with Gasteiger partial charge >= 0.3 is 5.97 Å². The van der Waals surface area contributed by atoms with Crippen LogP contribution in [0.1, 0.15) is 45.0 Å². The van der Waals surface area contributed by atoms with Crippen LogP contribution >= 0.6 is 27.3 Å². The Morgan fingerprint density at radius 1 is 1.23 bits per heavy atom. The number of nitrogens with one attached hydrogen (secondary N) is 1. The van der Waals surface area contributed by atoms with Gasteiger partial charge in [-0.3, -0.25) is 9.59 Å². The molecule has 5 nitrogen and oxygen atoms in total. The van der Waals surface area contributed by atoms with Crippen LogP contribution in [0.3, 0.4) is 0 Å². The molecular formula is C19H18BrNO4S. The smallest absolute Gasteiger partial charge is 0.341 e. The molecule has 0 aliphatic carbocycles. The first kappa shape index (κ1) is 20.1. The first-order chi connectivity index (χ1) is 12.3. The number of carbonyl (C=O) groups excluding carboxylic acids is 3. The molecule has 1 aromatic heterocycles. The highest BCUT2D eigenvalue weighted by Gasteiger charge is 2.25. The standard InChI is InChI=1S/C19H18BrNO4S/c1-4-25-19(24)15-11(2)16(12(3)22)26-18(15)21-17(23)14(20)10-13-8-6-5-7-9-13/h5-10H,4H2,1-3H3,(H,21,23)/b14-10-. The molecule has 0 aliphatic heterocycles. The molecule has 0 radical (unpaired) electrons. The molecule has 0 spiro atoms. The molecule has 0 aliphatic rings. The Hall–Kier alpha value is -2.25. The molecule has 7 heteroatoms. The van der Waals surface area contributed by atoms with E-state index in [0.717, 1.165) is 16.9 Å². The molecule has 0 atom stereocenters. The maximum Gasteiger partial charge on any atom is 0.341 e. The summed E-state index contributed by atoms with van der Waals surface area (Å²) in [6.07, 6.45) is 1.67. The number of benzene rings is 1. The van der Waals surface area contributed by atoms with Crippen molar-refractivity contribution < 1.29 is 19.1 Å². The number of halogens is 1. The van der Waals surface area contributed by atoms with Crippen molar-refractivity contribution in [1.82, 2.24) is 0 Å². The van der Waals surface area contributed by atoms with Crippen molar-refractivity contribution in [2.75, 3.05) is 11.9 Å². The van der Waals surface area contributed by atoms with Crippen molar-refractivity contribution in [2.45, 2.75) is 20.8 Å². The van der Waals surface area contributed by atoms with Crippen LogP contribution in [0.4, 0.5) is 5.00 Å². The zero-order valence-electron chi connectivity index (χ0n) is 14.6. The van der Waals surface area contributed by atoms with Crippen molar-refractivity contribution in [2.24, 2.45) is 0 Å². The predicted molar refractivity (Wildman–Crippen MR) is 107 cm³/mol. The summed E-state index contributed by atoms with van der Waals surface area (Å²) in [5.41, 5.74) is 1.58. The van der Waals surface area contributed by atoms with Crippen LogP contribution in [0.25, 0.3) is 6.08 Å². The van der Waals surface area contributed by atoms with Crippen molar-refractivity contribution >= 4 is 56.0 Å². The van der Waals surface area contributed by atoms with E-state index < -0.39 is 11.9 Å². The Balaban J connectivity index is 2.34. The van der Waals surface area contributed by atoms with E-state index in [4.69, 9.17) is 4.74 Å². The third-order valence-corrected chi connectivity index (χ3v) is 5.38. The molecule has 1 aromatic carbocycles. The molecule has 0 unspecified atom stereocenters. The Labute approximate surface area is 164 Å². The van der Waals surface area contributed by atoms with Crippen molar-refractivity contribution in [1.29, 1.82) is 0 Å². The van der Waals surface area contributed by atoms with Gasteiger partial charge in [0.15, 0.2) is 5.78 Å². The summed E-state index contributed by atoms with van der Waals surface area (Å²) in [4.78, 5) is 37.0. The summed E-state index contributed by atoms with van der Waals surface area (Å²) in [6.45, 7) is 4.99. The minimum Gasteiger partial charge on any atom is -0.462 e. The first-order valence-electron chi connectivity index (χ1n) is 7.90. The SMILES string of the molecule is CCOC(=O)c1c(NC(=O)/C(Br)=C/c2ccccc2)sc(C(C)=O)c1C. The fourth-order valence-electron chi connectivity index (χ4n) is 2.31. The summed E-state index contributed by atoms with van der Waals surface area (Å²) in [6, 6.07) is 9.34. The lowest BCUT2D eigenvalue weighted by molar-refractivity contribution is -0.112. The Kier molecular flexibility index (Phi) is 6.88. The Bertz CT molecular complexity index is 871. The number of amides is 1. The molecule has 2 aromatic rings. The van der Waals surface area contributed by atoms with Gasteiger partial charge in [0.25, 0.3) is 5.91 Å². The maximum atomic E-state index is 12.5. The van der Waals surface area contributed by atoms with Gasteiger partial charge in [-0.05, 0) is 53.9 Å². The monoisotopic (exact) mass is 435 g/mol. The van der Waals surface area contributed by atoms with Crippen LogP contribution in [0.2, 0.25) is 0 Å². The summed E-state index contributed by atoms with van der Waals surface area (Å²) in [5.74, 6) is -1.15. The minimum absolute atomic E-state index is 0.169. The Morgan fingerprint density at radius 3 is 2.46 bits per heavy atom. The lowest BCUT2D eigenvalue weighted by Crippen LogP contribution is -2.14. The van der Waals surface area contributed by atoms with Crippen molar-refractivity contribution in [3.05, 3.63) is 56.4 Å². The normalized spacial score (nSPS) is 11.2. The van der Waals surface area contributed by atoms with Gasteiger partial charge in [0.05, 0.1) is 21.5 Å². The zero-order chi connectivity index (χ0) is 19.3. The second-order valence-corrected chi connectivity index (χ2v) is 7.27. The van der Waals surface area contributed by atoms with Gasteiger partial charge in [-0.25, -0.2) is 4.79 Å². The number of esters is 1. The minimum atomic E-state index is -0.563. The average molecular weight is 436 g/mol. The van der Waals surface area contributed by atoms with Crippen molar-refractivity contribution in [3.63, 3.8) is 0 Å². The van der Waals surface area contributed by atoms with Gasteiger partial charge in [0.1, 0.15) is 5.00 Å². The topological polar surface area (TPSA) is 72.5 Å². The second kappa shape index (κ2) is 8.91. The molecule has 0 saturated heterocycles. The second-order valence-electron chi connectivity index (χ2n) is 5.39. The number of ketones is 1. The largest absolute Gasteiger partial charge is 0.462 e. The fraction of sp³-hybridized carbons (Fsp3) is 0.211. The third-order valence-electron chi connectivity index (χ3n) is 3.48. The predicted octanol–water partition coefficient (Wildman–Crippen LogP) is 4.81. The van der Waals surface area contributed by atoms with Gasteiger partial charge in [-0.2, -0.15) is 0 Å². The fourth-order valence-corrected chi connectivity index (χ4v) is 3.76. The number of rotatable bonds is 6. The number of anilines is 1. The number of hydrogen-bond donors (Lipinski definition) is 1. The highest BCUT2D eigenvalue weighted by molar-refractivity contribution is 9.12. The quantitative estimate of drug-likeness (QED) is 0.401. The van der Waals surface area contributed by atoms with Crippen LogP contribution in [0, 0.1) is 6.92 Å². The summed E-state index contributed by atoms with van der Waals surface area (Å²) in [7, 11) is 0. The number of thiophene rings is 1. The molecule has 1 amide bonds. The summed E-state index contributed by atoms with van der Waals surface area (Å²) in [5, 5.41) is 3.00. The number of Topliss-reactive ketones (excluding diaryl/α,β-unsaturated/α-hetero) is 1. The van der Waals surface area contributed by atoms with Crippen LogP contribution in [0.5, 0.6) is 0 Å². The maximum absolute atomic E-state index is 12.5. The van der Waals surface area contributed by atoms with Crippen molar-refractivity contribution in [3.8, 4) is 0 Å². The van der Waals surface area contributed by atoms with E-state index in [0.29, 0.717) is 19.9 Å². The van der Waals surface area contributed by atoms with E-state index in [2.05, 4.69) is 21.2 Å². The summed E-state index contributed by atoms with van der Waals surface area (Å²) < 4.78 is 5.36. The molecule has 0 fully saturated rings. The molecule has 2 rings (SSSR count). The lowest BCUT2D eigenvalue weighted by Gasteiger charge is -2.07. The summed E-state index contributed by atoms with van der Waals surface area (Å²) >= 11 is 4.32. The lowest BCUT2D eigenvalue weighted by atomic mass is 10.1. The van der Waals surface area contributed by atoms with E-state index in [9.17, 15) is 14.4 Å². The van der Waals surface area contributed by atoms with Gasteiger partial charge in [-0.1, -0.05) is 30.3 Å². The first-order valence-corrected chi connectivity index (χ1v) is 9.51. The average Bonchev–Trinajstić information content (AvgIpc) is 2.92. The van der Waals surface area contributed by atoms with E-state index in [-0.39, 0.29) is 18.0 Å². The third kappa shape index (κ3) is 4.68. The van der Waals surface area contributed by atoms with Crippen LogP contribution in [0.15, 0.2) is 34.8 Å². The zero-order valence-corrected chi connectivity index (χ0v) is 17.0. The van der Waals surface area contributed by atoms with Gasteiger partial charge in [0, 0.05) is 0 Å². The van der Waals surface area contributed by atoms with E-state index in [1.54, 1.807) is 19.9 Å². The van der Waals surface area contributed by atoms with Gasteiger partial charge in [-0.15, -0.1) is 11.3 Å².